The van der Waals surface area contributed by atoms with Gasteiger partial charge in [0.05, 0.1) is 6.61 Å². The molecule has 0 aromatic carbocycles. The largest absolute Gasteiger partial charge is 0.463 e. The summed E-state index contributed by atoms with van der Waals surface area (Å²) in [5, 5.41) is 2.51. The zero-order chi connectivity index (χ0) is 12.5. The van der Waals surface area contributed by atoms with Crippen molar-refractivity contribution in [3.63, 3.8) is 0 Å². The maximum absolute atomic E-state index is 11.8. The molecule has 0 radical (unpaired) electrons. The summed E-state index contributed by atoms with van der Waals surface area (Å²) in [5.41, 5.74) is -1.66. The fraction of sp³-hybridized carbons (Fsp3) is 0.364. The maximum Gasteiger partial charge on any atom is 0.360 e. The van der Waals surface area contributed by atoms with E-state index in [0.717, 1.165) is 0 Å². The Balaban J connectivity index is 2.34. The molecule has 90 valence electrons. The lowest BCUT2D eigenvalue weighted by atomic mass is 10.0. The first-order chi connectivity index (χ1) is 8.08. The van der Waals surface area contributed by atoms with Crippen molar-refractivity contribution in [2.24, 2.45) is 0 Å². The van der Waals surface area contributed by atoms with E-state index in [2.05, 4.69) is 10.3 Å². The van der Waals surface area contributed by atoms with Crippen LogP contribution in [0.3, 0.4) is 0 Å². The first-order valence-corrected chi connectivity index (χ1v) is 5.20. The van der Waals surface area contributed by atoms with Gasteiger partial charge >= 0.3 is 5.97 Å². The van der Waals surface area contributed by atoms with Gasteiger partial charge in [-0.05, 0) is 26.0 Å². The van der Waals surface area contributed by atoms with Crippen molar-refractivity contribution in [3.05, 3.63) is 18.3 Å². The minimum absolute atomic E-state index is 0.185. The van der Waals surface area contributed by atoms with Crippen LogP contribution in [0, 0.1) is 0 Å². The highest BCUT2D eigenvalue weighted by molar-refractivity contribution is 6.13. The highest BCUT2D eigenvalue weighted by Crippen LogP contribution is 2.31. The van der Waals surface area contributed by atoms with Crippen molar-refractivity contribution in [1.82, 2.24) is 4.98 Å². The second-order valence-corrected chi connectivity index (χ2v) is 3.66. The Morgan fingerprint density at radius 1 is 1.65 bits per heavy atom. The molecular weight excluding hydrogens is 224 g/mol. The zero-order valence-electron chi connectivity index (χ0n) is 9.52. The van der Waals surface area contributed by atoms with Crippen molar-refractivity contribution in [1.29, 1.82) is 0 Å². The van der Waals surface area contributed by atoms with Gasteiger partial charge in [0.25, 0.3) is 11.5 Å². The van der Waals surface area contributed by atoms with Gasteiger partial charge in [0.15, 0.2) is 11.6 Å². The van der Waals surface area contributed by atoms with E-state index in [0.29, 0.717) is 11.6 Å². The number of amides is 1. The van der Waals surface area contributed by atoms with Crippen molar-refractivity contribution in [3.8, 4) is 5.75 Å². The molecule has 6 nitrogen and oxygen atoms in total. The molecule has 1 aliphatic heterocycles. The highest BCUT2D eigenvalue weighted by Gasteiger charge is 2.49. The van der Waals surface area contributed by atoms with E-state index in [9.17, 15) is 9.59 Å². The summed E-state index contributed by atoms with van der Waals surface area (Å²) < 4.78 is 10.2. The summed E-state index contributed by atoms with van der Waals surface area (Å²) in [6.45, 7) is 3.22. The molecule has 1 atom stereocenters. The Morgan fingerprint density at radius 2 is 2.41 bits per heavy atom. The Morgan fingerprint density at radius 3 is 3.12 bits per heavy atom. The van der Waals surface area contributed by atoms with E-state index >= 15 is 0 Å². The topological polar surface area (TPSA) is 77.5 Å². The molecule has 2 heterocycles. The molecule has 0 unspecified atom stereocenters. The number of carbonyl (C=O) groups excluding carboxylic acids is 2. The molecule has 1 N–H and O–H groups in total. The molecule has 17 heavy (non-hydrogen) atoms. The summed E-state index contributed by atoms with van der Waals surface area (Å²) >= 11 is 0. The van der Waals surface area contributed by atoms with E-state index in [-0.39, 0.29) is 6.61 Å². The van der Waals surface area contributed by atoms with Crippen LogP contribution < -0.4 is 10.1 Å². The van der Waals surface area contributed by atoms with Gasteiger partial charge in [-0.15, -0.1) is 0 Å². The molecule has 0 spiro atoms. The number of anilines is 1. The van der Waals surface area contributed by atoms with Crippen molar-refractivity contribution >= 4 is 17.7 Å². The maximum atomic E-state index is 11.8. The van der Waals surface area contributed by atoms with Gasteiger partial charge in [0, 0.05) is 6.20 Å². The molecule has 0 bridgehead atoms. The van der Waals surface area contributed by atoms with Gasteiger partial charge in [-0.3, -0.25) is 4.79 Å². The summed E-state index contributed by atoms with van der Waals surface area (Å²) in [4.78, 5) is 27.5. The summed E-state index contributed by atoms with van der Waals surface area (Å²) in [7, 11) is 0. The molecule has 0 aliphatic carbocycles. The lowest BCUT2D eigenvalue weighted by Gasteiger charge is -2.31. The summed E-state index contributed by atoms with van der Waals surface area (Å²) in [6.07, 6.45) is 1.52. The van der Waals surface area contributed by atoms with Crippen LogP contribution in [0.4, 0.5) is 5.82 Å². The third kappa shape index (κ3) is 1.82. The Bertz CT molecular complexity index is 474. The van der Waals surface area contributed by atoms with Crippen molar-refractivity contribution < 1.29 is 19.1 Å². The van der Waals surface area contributed by atoms with Gasteiger partial charge in [-0.2, -0.15) is 0 Å². The van der Waals surface area contributed by atoms with Crippen molar-refractivity contribution in [2.75, 3.05) is 11.9 Å². The number of carbonyl (C=O) groups is 2. The van der Waals surface area contributed by atoms with E-state index in [4.69, 9.17) is 9.47 Å². The minimum Gasteiger partial charge on any atom is -0.463 e. The molecule has 2 rings (SSSR count). The van der Waals surface area contributed by atoms with Crippen molar-refractivity contribution in [2.45, 2.75) is 19.4 Å². The fourth-order valence-electron chi connectivity index (χ4n) is 1.46. The second-order valence-electron chi connectivity index (χ2n) is 3.66. The molecule has 0 saturated carbocycles. The second kappa shape index (κ2) is 4.04. The molecule has 6 heteroatoms. The molecule has 1 amide bonds. The minimum atomic E-state index is -1.66. The van der Waals surface area contributed by atoms with Crippen LogP contribution in [0.15, 0.2) is 18.3 Å². The molecular formula is C11H12N2O4. The Hall–Kier alpha value is -2.11. The van der Waals surface area contributed by atoms with Crippen LogP contribution in [-0.2, 0) is 14.3 Å². The van der Waals surface area contributed by atoms with E-state index in [1.807, 2.05) is 0 Å². The van der Waals surface area contributed by atoms with Crippen LogP contribution in [0.1, 0.15) is 13.8 Å². The van der Waals surface area contributed by atoms with E-state index in [1.165, 1.54) is 13.1 Å². The average Bonchev–Trinajstić information content (AvgIpc) is 2.31. The smallest absolute Gasteiger partial charge is 0.360 e. The van der Waals surface area contributed by atoms with Gasteiger partial charge in [0.2, 0.25) is 0 Å². The number of aromatic nitrogens is 1. The normalized spacial score (nSPS) is 22.1. The molecule has 1 aromatic rings. The highest BCUT2D eigenvalue weighted by atomic mass is 16.6. The number of nitrogens with zero attached hydrogens (tertiary/aromatic N) is 1. The van der Waals surface area contributed by atoms with Crippen LogP contribution >= 0.6 is 0 Å². The molecule has 0 fully saturated rings. The lowest BCUT2D eigenvalue weighted by molar-refractivity contribution is -0.165. The number of hydrogen-bond donors (Lipinski definition) is 1. The van der Waals surface area contributed by atoms with Crippen LogP contribution in [0.25, 0.3) is 0 Å². The van der Waals surface area contributed by atoms with Gasteiger partial charge < -0.3 is 14.8 Å². The number of fused-ring (bicyclic) bond motifs is 1. The standard InChI is InChI=1S/C11H12N2O4/c1-3-16-10(15)11(2)9(14)13-8-7(17-11)5-4-6-12-8/h4-6H,3H2,1-2H3,(H,12,13,14)/t11-/m1/s1. The third-order valence-corrected chi connectivity index (χ3v) is 2.41. The number of pyridine rings is 1. The zero-order valence-corrected chi connectivity index (χ0v) is 9.52. The van der Waals surface area contributed by atoms with E-state index in [1.54, 1.807) is 19.1 Å². The quantitative estimate of drug-likeness (QED) is 0.605. The number of hydrogen-bond acceptors (Lipinski definition) is 5. The van der Waals surface area contributed by atoms with Crippen LogP contribution in [-0.4, -0.2) is 29.1 Å². The first kappa shape index (κ1) is 11.4. The lowest BCUT2D eigenvalue weighted by Crippen LogP contribution is -2.55. The van der Waals surface area contributed by atoms with Crippen LogP contribution in [0.5, 0.6) is 5.75 Å². The van der Waals surface area contributed by atoms with Gasteiger partial charge in [-0.1, -0.05) is 0 Å². The summed E-state index contributed by atoms with van der Waals surface area (Å²) in [5.74, 6) is -0.643. The summed E-state index contributed by atoms with van der Waals surface area (Å²) in [6, 6.07) is 3.28. The van der Waals surface area contributed by atoms with E-state index < -0.39 is 17.5 Å². The average molecular weight is 236 g/mol. The number of rotatable bonds is 2. The van der Waals surface area contributed by atoms with Gasteiger partial charge in [-0.25, -0.2) is 9.78 Å². The van der Waals surface area contributed by atoms with Gasteiger partial charge in [0.1, 0.15) is 0 Å². The molecule has 0 saturated heterocycles. The monoisotopic (exact) mass is 236 g/mol. The molecule has 1 aliphatic rings. The predicted octanol–water partition coefficient (Wildman–Crippen LogP) is 0.734. The fourth-order valence-corrected chi connectivity index (χ4v) is 1.46. The Kier molecular flexibility index (Phi) is 2.71. The third-order valence-electron chi connectivity index (χ3n) is 2.41. The number of ether oxygens (including phenoxy) is 2. The molecule has 1 aromatic heterocycles. The SMILES string of the molecule is CCOC(=O)[C@]1(C)Oc2cccnc2NC1=O. The number of esters is 1. The number of nitrogens with one attached hydrogen (secondary N) is 1. The first-order valence-electron chi connectivity index (χ1n) is 5.20. The Labute approximate surface area is 97.9 Å². The van der Waals surface area contributed by atoms with Crippen LogP contribution in [0.2, 0.25) is 0 Å². The predicted molar refractivity (Wildman–Crippen MR) is 58.5 cm³/mol.